The zero-order valence-electron chi connectivity index (χ0n) is 38.3. The number of carboxylic acids is 1. The number of nitrogens with one attached hydrogen (secondary N) is 4. The number of anilines is 9. The van der Waals surface area contributed by atoms with E-state index >= 15 is 0 Å². The Hall–Kier alpha value is -3.47. The minimum Gasteiger partial charge on any atom is -0.477 e. The first kappa shape index (κ1) is 64.8. The van der Waals surface area contributed by atoms with Crippen LogP contribution >= 0.6 is 23.2 Å². The monoisotopic (exact) mass is 1170 g/mol. The molecular formula is C35H26Cl2N14Na4O15S4+4. The third kappa shape index (κ3) is 15.8. The Bertz CT molecular complexity index is 3730. The molecule has 0 fully saturated rings. The van der Waals surface area contributed by atoms with Gasteiger partial charge in [0.2, 0.25) is 40.4 Å². The molecule has 7 rings (SSSR count). The van der Waals surface area contributed by atoms with E-state index in [-0.39, 0.29) is 158 Å². The van der Waals surface area contributed by atoms with Crippen molar-refractivity contribution in [2.45, 2.75) is 32.5 Å². The third-order valence-electron chi connectivity index (χ3n) is 9.07. The van der Waals surface area contributed by atoms with Gasteiger partial charge in [-0.25, -0.2) is 4.79 Å². The van der Waals surface area contributed by atoms with Crippen LogP contribution in [0.2, 0.25) is 10.6 Å². The molecule has 4 aromatic carbocycles. The number of hydrazone groups is 1. The van der Waals surface area contributed by atoms with Gasteiger partial charge in [0, 0.05) is 11.4 Å². The quantitative estimate of drug-likeness (QED) is 0.0247. The van der Waals surface area contributed by atoms with Gasteiger partial charge in [0.1, 0.15) is 20.4 Å². The van der Waals surface area contributed by atoms with Crippen LogP contribution in [0.1, 0.15) is 5.56 Å². The molecule has 364 valence electrons. The van der Waals surface area contributed by atoms with Crippen LogP contribution in [0.3, 0.4) is 0 Å². The summed E-state index contributed by atoms with van der Waals surface area (Å²) in [5.41, 5.74) is -3.05. The number of carboxylic acid groups (broad SMARTS) is 1. The first-order valence-corrected chi connectivity index (χ1v) is 25.0. The maximum atomic E-state index is 14.0. The fourth-order valence-electron chi connectivity index (χ4n) is 6.06. The maximum absolute atomic E-state index is 14.0. The van der Waals surface area contributed by atoms with Crippen molar-refractivity contribution in [2.75, 3.05) is 26.3 Å². The Morgan fingerprint density at radius 2 is 1.04 bits per heavy atom. The number of halogens is 2. The van der Waals surface area contributed by atoms with E-state index in [1.165, 1.54) is 43.3 Å². The molecule has 0 spiro atoms. The van der Waals surface area contributed by atoms with Gasteiger partial charge in [0.15, 0.2) is 5.71 Å². The predicted octanol–water partition coefficient (Wildman–Crippen LogP) is -7.41. The normalized spacial score (nSPS) is 13.6. The van der Waals surface area contributed by atoms with Crippen molar-refractivity contribution in [2.24, 2.45) is 15.3 Å². The summed E-state index contributed by atoms with van der Waals surface area (Å²) < 4.78 is 137. The summed E-state index contributed by atoms with van der Waals surface area (Å²) in [4.78, 5) is 47.0. The number of benzene rings is 4. The summed E-state index contributed by atoms with van der Waals surface area (Å²) in [6.45, 7) is 1.28. The third-order valence-corrected chi connectivity index (χ3v) is 12.9. The number of amides is 1. The molecule has 1 aliphatic heterocycles. The second-order valence-electron chi connectivity index (χ2n) is 13.8. The number of carbonyl (C=O) groups is 2. The number of para-hydroxylation sites is 2. The van der Waals surface area contributed by atoms with Crippen molar-refractivity contribution < 1.29 is 185 Å². The standard InChI is InChI=1S/C35H26Cl2N14O15S4.4Na/c1-15-21(41-35-45-31(37)44-34(47-35)40-19-7-3-5-9-24(19)69(61,62)63)13-17(67(55,56)57)14-22(15)51-28(52)26(27(50-51)29(53)54)49-48-20-11-10-16(12-25(20)70(64,65)66)38-32-42-30(36)43-33(46-32)39-18-6-2-4-8-23(18)68(58,59)60;;;;/h2-14,26H,1H3,(H,53,54)(H,55,56,57)(H,58,59,60)(H,61,62,63)(H,64,65,66)(H2,38,39,42,43,46)(H2,40,41,44,45,47);;;;/q;4*+1. The molecule has 0 bridgehead atoms. The van der Waals surface area contributed by atoms with E-state index in [0.29, 0.717) is 5.01 Å². The maximum Gasteiger partial charge on any atom is 1.00 e. The zero-order valence-corrected chi connectivity index (χ0v) is 51.0. The predicted molar refractivity (Wildman–Crippen MR) is 243 cm³/mol. The van der Waals surface area contributed by atoms with Crippen LogP contribution in [-0.4, -0.2) is 111 Å². The molecule has 29 nitrogen and oxygen atoms in total. The summed E-state index contributed by atoms with van der Waals surface area (Å²) in [5, 5.41) is 31.1. The molecule has 39 heteroatoms. The Morgan fingerprint density at radius 3 is 1.49 bits per heavy atom. The molecule has 6 aromatic rings. The second-order valence-corrected chi connectivity index (χ2v) is 20.0. The van der Waals surface area contributed by atoms with E-state index in [1.54, 1.807) is 0 Å². The van der Waals surface area contributed by atoms with Crippen LogP contribution in [0.4, 0.5) is 57.9 Å². The molecule has 3 heterocycles. The van der Waals surface area contributed by atoms with Crippen molar-refractivity contribution in [3.05, 3.63) is 95.0 Å². The van der Waals surface area contributed by atoms with Crippen molar-refractivity contribution >= 4 is 139 Å². The van der Waals surface area contributed by atoms with Gasteiger partial charge in [-0.05, 0) is 90.3 Å². The van der Waals surface area contributed by atoms with Crippen LogP contribution in [0, 0.1) is 6.92 Å². The summed E-state index contributed by atoms with van der Waals surface area (Å²) in [5.74, 6) is -4.72. The average Bonchev–Trinajstić information content (AvgIpc) is 3.57. The van der Waals surface area contributed by atoms with Gasteiger partial charge in [-0.15, -0.1) is 0 Å². The summed E-state index contributed by atoms with van der Waals surface area (Å²) in [7, 11) is -19.8. The van der Waals surface area contributed by atoms with Gasteiger partial charge in [-0.3, -0.25) is 23.0 Å². The van der Waals surface area contributed by atoms with E-state index in [2.05, 4.69) is 66.5 Å². The number of hydrogen-bond acceptors (Lipinski definition) is 23. The minimum atomic E-state index is -5.21. The Balaban J connectivity index is 0.00000361. The summed E-state index contributed by atoms with van der Waals surface area (Å²) >= 11 is 12.1. The van der Waals surface area contributed by atoms with Crippen LogP contribution < -0.4 is 145 Å². The van der Waals surface area contributed by atoms with Crippen molar-refractivity contribution in [1.29, 1.82) is 0 Å². The number of rotatable bonds is 16. The van der Waals surface area contributed by atoms with Gasteiger partial charge in [0.25, 0.3) is 46.4 Å². The van der Waals surface area contributed by atoms with E-state index < -0.39 is 118 Å². The smallest absolute Gasteiger partial charge is 0.477 e. The molecule has 1 atom stereocenters. The topological polar surface area (TPSA) is 438 Å². The molecule has 0 saturated carbocycles. The first-order valence-electron chi connectivity index (χ1n) is 18.5. The Kier molecular flexibility index (Phi) is 22.6. The molecule has 0 aliphatic carbocycles. The molecule has 74 heavy (non-hydrogen) atoms. The van der Waals surface area contributed by atoms with Crippen LogP contribution in [0.5, 0.6) is 0 Å². The van der Waals surface area contributed by atoms with E-state index in [0.717, 1.165) is 42.5 Å². The molecule has 1 amide bonds. The Morgan fingerprint density at radius 1 is 0.595 bits per heavy atom. The van der Waals surface area contributed by atoms with Gasteiger partial charge >= 0.3 is 124 Å². The largest absolute Gasteiger partial charge is 1.00 e. The zero-order chi connectivity index (χ0) is 51.1. The van der Waals surface area contributed by atoms with Crippen molar-refractivity contribution in [3.63, 3.8) is 0 Å². The number of aromatic nitrogens is 6. The number of hydrogen-bond donors (Lipinski definition) is 9. The Labute approximate surface area is 516 Å². The summed E-state index contributed by atoms with van der Waals surface area (Å²) in [6, 6.07) is 12.5. The fraction of sp³-hybridized carbons (Fsp3) is 0.0571. The number of nitrogens with zero attached hydrogens (tertiary/aromatic N) is 10. The average molecular weight is 1170 g/mol. The van der Waals surface area contributed by atoms with Crippen LogP contribution in [-0.2, 0) is 50.1 Å². The molecule has 9 N–H and O–H groups in total. The van der Waals surface area contributed by atoms with Gasteiger partial charge in [0.05, 0.1) is 22.0 Å². The molecule has 1 aliphatic rings. The molecule has 1 unspecified atom stereocenters. The van der Waals surface area contributed by atoms with Gasteiger partial charge in [-0.1, -0.05) is 24.3 Å². The van der Waals surface area contributed by atoms with E-state index in [4.69, 9.17) is 23.2 Å². The van der Waals surface area contributed by atoms with Crippen molar-refractivity contribution in [1.82, 2.24) is 29.9 Å². The number of carbonyl (C=O) groups excluding carboxylic acids is 1. The fourth-order valence-corrected chi connectivity index (χ4v) is 8.85. The van der Waals surface area contributed by atoms with Crippen LogP contribution in [0.25, 0.3) is 0 Å². The first-order chi connectivity index (χ1) is 32.6. The minimum absolute atomic E-state index is 0. The summed E-state index contributed by atoms with van der Waals surface area (Å²) in [6.07, 6.45) is 0. The SMILES string of the molecule is Cc1c(Nc2nc(Cl)nc(Nc3ccccc3S(=O)(=O)O)n2)cc(S(=O)(=O)O)cc1N1N=C(C(=O)O)C(N=Nc2ccc(Nc3nc(Cl)nc(Nc4ccccc4S(=O)(=O)O)n3)cc2S(=O)(=O)O)C1=O.[Na+].[Na+].[Na+].[Na+]. The van der Waals surface area contributed by atoms with Gasteiger partial charge < -0.3 is 26.4 Å². The molecule has 0 radical (unpaired) electrons. The van der Waals surface area contributed by atoms with Crippen LogP contribution in [0.15, 0.2) is 114 Å². The van der Waals surface area contributed by atoms with E-state index in [9.17, 15) is 66.6 Å². The number of azo groups is 1. The molecule has 2 aromatic heterocycles. The van der Waals surface area contributed by atoms with E-state index in [1.807, 2.05) is 0 Å². The number of aliphatic carboxylic acids is 1. The van der Waals surface area contributed by atoms with Gasteiger partial charge in [-0.2, -0.15) is 83.9 Å². The molecule has 0 saturated heterocycles. The molecular weight excluding hydrogens is 1150 g/mol. The van der Waals surface area contributed by atoms with Crippen molar-refractivity contribution in [3.8, 4) is 0 Å². The second kappa shape index (κ2) is 25.8.